The monoisotopic (exact) mass is 315 g/mol. The van der Waals surface area contributed by atoms with Crippen molar-refractivity contribution in [2.75, 3.05) is 13.2 Å². The Hall–Kier alpha value is -2.67. The minimum atomic E-state index is -1.25. The van der Waals surface area contributed by atoms with Crippen LogP contribution in [0.3, 0.4) is 0 Å². The molecule has 0 saturated carbocycles. The van der Waals surface area contributed by atoms with Gasteiger partial charge in [-0.3, -0.25) is 9.89 Å². The molecule has 2 aromatic rings. The number of ether oxygens (including phenoxy) is 1. The minimum absolute atomic E-state index is 0.264. The summed E-state index contributed by atoms with van der Waals surface area (Å²) in [5.74, 6) is -1.42. The fraction of sp³-hybridized carbons (Fsp3) is 0.312. The van der Waals surface area contributed by atoms with Crippen LogP contribution in [0.5, 0.6) is 0 Å². The Bertz CT molecular complexity index is 689. The summed E-state index contributed by atoms with van der Waals surface area (Å²) in [4.78, 5) is 24.0. The number of nitrogens with zero attached hydrogens (tertiary/aromatic N) is 1. The molecule has 1 fully saturated rings. The number of nitrogens with one attached hydrogen (secondary N) is 2. The predicted molar refractivity (Wildman–Crippen MR) is 81.9 cm³/mol. The van der Waals surface area contributed by atoms with Crippen molar-refractivity contribution in [1.82, 2.24) is 15.5 Å². The highest BCUT2D eigenvalue weighted by atomic mass is 16.5. The van der Waals surface area contributed by atoms with E-state index in [0.29, 0.717) is 18.8 Å². The number of aromatic amines is 1. The molecule has 7 heteroatoms. The molecule has 23 heavy (non-hydrogen) atoms. The average Bonchev–Trinajstić information content (AvgIpc) is 3.10. The van der Waals surface area contributed by atoms with Gasteiger partial charge in [-0.05, 0) is 23.8 Å². The standard InChI is InChI=1S/C16H17N3O4/c20-14(18-16(15(21)22)6-9-23-10-7-16)12-3-1-11(2-4-12)13-5-8-17-19-13/h1-5,8H,6-7,9-10H2,(H,17,19)(H,18,20)(H,21,22). The van der Waals surface area contributed by atoms with Crippen molar-refractivity contribution in [2.24, 2.45) is 0 Å². The van der Waals surface area contributed by atoms with E-state index in [-0.39, 0.29) is 12.8 Å². The summed E-state index contributed by atoms with van der Waals surface area (Å²) in [5.41, 5.74) is 0.916. The lowest BCUT2D eigenvalue weighted by Crippen LogP contribution is -2.57. The molecule has 7 nitrogen and oxygen atoms in total. The Morgan fingerprint density at radius 3 is 2.43 bits per heavy atom. The van der Waals surface area contributed by atoms with E-state index in [2.05, 4.69) is 15.5 Å². The molecule has 1 amide bonds. The van der Waals surface area contributed by atoms with Crippen molar-refractivity contribution in [3.05, 3.63) is 42.1 Å². The summed E-state index contributed by atoms with van der Waals surface area (Å²) in [7, 11) is 0. The SMILES string of the molecule is O=C(NC1(C(=O)O)CCOCC1)c1ccc(-c2ccn[nH]2)cc1. The zero-order valence-electron chi connectivity index (χ0n) is 12.4. The second-order valence-electron chi connectivity index (χ2n) is 5.50. The number of benzene rings is 1. The van der Waals surface area contributed by atoms with Crippen LogP contribution in [0.1, 0.15) is 23.2 Å². The molecule has 3 rings (SSSR count). The molecule has 1 aromatic carbocycles. The van der Waals surface area contributed by atoms with Crippen LogP contribution in [-0.2, 0) is 9.53 Å². The Morgan fingerprint density at radius 2 is 1.87 bits per heavy atom. The highest BCUT2D eigenvalue weighted by Gasteiger charge is 2.41. The van der Waals surface area contributed by atoms with Crippen LogP contribution < -0.4 is 5.32 Å². The summed E-state index contributed by atoms with van der Waals surface area (Å²) < 4.78 is 5.20. The van der Waals surface area contributed by atoms with Gasteiger partial charge in [0.15, 0.2) is 0 Å². The van der Waals surface area contributed by atoms with Gasteiger partial charge in [-0.1, -0.05) is 12.1 Å². The molecule has 0 radical (unpaired) electrons. The molecule has 0 spiro atoms. The second-order valence-corrected chi connectivity index (χ2v) is 5.50. The van der Waals surface area contributed by atoms with Gasteiger partial charge in [0, 0.05) is 37.8 Å². The zero-order valence-corrected chi connectivity index (χ0v) is 12.4. The number of aromatic nitrogens is 2. The molecule has 1 saturated heterocycles. The van der Waals surface area contributed by atoms with Crippen LogP contribution in [0.4, 0.5) is 0 Å². The van der Waals surface area contributed by atoms with Crippen LogP contribution in [0.15, 0.2) is 36.5 Å². The smallest absolute Gasteiger partial charge is 0.329 e. The number of carboxylic acid groups (broad SMARTS) is 1. The number of hydrogen-bond donors (Lipinski definition) is 3. The first kappa shape index (κ1) is 15.2. The summed E-state index contributed by atoms with van der Waals surface area (Å²) in [5, 5.41) is 18.9. The van der Waals surface area contributed by atoms with Crippen LogP contribution >= 0.6 is 0 Å². The van der Waals surface area contributed by atoms with Crippen molar-refractivity contribution in [1.29, 1.82) is 0 Å². The Kier molecular flexibility index (Phi) is 4.12. The van der Waals surface area contributed by atoms with Gasteiger partial charge in [0.1, 0.15) is 5.54 Å². The highest BCUT2D eigenvalue weighted by Crippen LogP contribution is 2.22. The Morgan fingerprint density at radius 1 is 1.17 bits per heavy atom. The van der Waals surface area contributed by atoms with Crippen molar-refractivity contribution < 1.29 is 19.4 Å². The van der Waals surface area contributed by atoms with Gasteiger partial charge in [0.05, 0.1) is 5.69 Å². The first-order chi connectivity index (χ1) is 11.1. The van der Waals surface area contributed by atoms with E-state index in [1.165, 1.54) is 0 Å². The van der Waals surface area contributed by atoms with Crippen molar-refractivity contribution >= 4 is 11.9 Å². The van der Waals surface area contributed by atoms with E-state index in [1.807, 2.05) is 6.07 Å². The lowest BCUT2D eigenvalue weighted by molar-refractivity contribution is -0.148. The molecule has 2 heterocycles. The molecular weight excluding hydrogens is 298 g/mol. The lowest BCUT2D eigenvalue weighted by atomic mass is 9.89. The van der Waals surface area contributed by atoms with E-state index in [0.717, 1.165) is 11.3 Å². The van der Waals surface area contributed by atoms with E-state index >= 15 is 0 Å². The number of rotatable bonds is 4. The Balaban J connectivity index is 1.76. The molecule has 3 N–H and O–H groups in total. The molecule has 120 valence electrons. The van der Waals surface area contributed by atoms with E-state index < -0.39 is 17.4 Å². The quantitative estimate of drug-likeness (QED) is 0.792. The molecule has 1 aliphatic rings. The summed E-state index contributed by atoms with van der Waals surface area (Å²) in [6.07, 6.45) is 2.18. The topological polar surface area (TPSA) is 104 Å². The van der Waals surface area contributed by atoms with Gasteiger partial charge in [-0.2, -0.15) is 5.10 Å². The highest BCUT2D eigenvalue weighted by molar-refractivity contribution is 5.98. The van der Waals surface area contributed by atoms with E-state index in [9.17, 15) is 14.7 Å². The average molecular weight is 315 g/mol. The van der Waals surface area contributed by atoms with Gasteiger partial charge >= 0.3 is 5.97 Å². The zero-order chi connectivity index (χ0) is 16.3. The molecular formula is C16H17N3O4. The van der Waals surface area contributed by atoms with Gasteiger partial charge in [0.25, 0.3) is 5.91 Å². The molecule has 0 unspecified atom stereocenters. The number of carbonyl (C=O) groups is 2. The molecule has 0 bridgehead atoms. The van der Waals surface area contributed by atoms with Crippen LogP contribution in [-0.4, -0.2) is 45.9 Å². The normalized spacial score (nSPS) is 16.7. The van der Waals surface area contributed by atoms with E-state index in [4.69, 9.17) is 4.74 Å². The first-order valence-corrected chi connectivity index (χ1v) is 7.34. The third-order valence-electron chi connectivity index (χ3n) is 4.07. The van der Waals surface area contributed by atoms with Gasteiger partial charge < -0.3 is 15.2 Å². The maximum absolute atomic E-state index is 12.4. The predicted octanol–water partition coefficient (Wildman–Crippen LogP) is 1.44. The minimum Gasteiger partial charge on any atom is -0.480 e. The number of H-pyrrole nitrogens is 1. The first-order valence-electron chi connectivity index (χ1n) is 7.34. The van der Waals surface area contributed by atoms with Crippen LogP contribution in [0.2, 0.25) is 0 Å². The van der Waals surface area contributed by atoms with Crippen molar-refractivity contribution in [2.45, 2.75) is 18.4 Å². The third kappa shape index (κ3) is 3.09. The number of aliphatic carboxylic acids is 1. The summed E-state index contributed by atoms with van der Waals surface area (Å²) >= 11 is 0. The number of carboxylic acids is 1. The van der Waals surface area contributed by atoms with Gasteiger partial charge in [-0.25, -0.2) is 4.79 Å². The number of hydrogen-bond acceptors (Lipinski definition) is 4. The van der Waals surface area contributed by atoms with Crippen LogP contribution in [0, 0.1) is 0 Å². The van der Waals surface area contributed by atoms with Crippen molar-refractivity contribution in [3.63, 3.8) is 0 Å². The number of amides is 1. The Labute approximate surface area is 132 Å². The summed E-state index contributed by atoms with van der Waals surface area (Å²) in [6.45, 7) is 0.649. The second kappa shape index (κ2) is 6.21. The van der Waals surface area contributed by atoms with E-state index in [1.54, 1.807) is 30.5 Å². The maximum atomic E-state index is 12.4. The number of carbonyl (C=O) groups excluding carboxylic acids is 1. The molecule has 1 aliphatic heterocycles. The molecule has 1 aromatic heterocycles. The van der Waals surface area contributed by atoms with Crippen LogP contribution in [0.25, 0.3) is 11.3 Å². The van der Waals surface area contributed by atoms with Gasteiger partial charge in [0.2, 0.25) is 0 Å². The molecule has 0 aliphatic carbocycles. The fourth-order valence-corrected chi connectivity index (χ4v) is 2.62. The summed E-state index contributed by atoms with van der Waals surface area (Å²) in [6, 6.07) is 8.75. The lowest BCUT2D eigenvalue weighted by Gasteiger charge is -2.33. The largest absolute Gasteiger partial charge is 0.480 e. The molecule has 0 atom stereocenters. The maximum Gasteiger partial charge on any atom is 0.329 e. The fourth-order valence-electron chi connectivity index (χ4n) is 2.62. The van der Waals surface area contributed by atoms with Gasteiger partial charge in [-0.15, -0.1) is 0 Å². The third-order valence-corrected chi connectivity index (χ3v) is 4.07. The van der Waals surface area contributed by atoms with Crippen molar-refractivity contribution in [3.8, 4) is 11.3 Å².